The van der Waals surface area contributed by atoms with Crippen LogP contribution in [0.25, 0.3) is 0 Å². The average molecular weight is 270 g/mol. The minimum absolute atomic E-state index is 0.377. The Bertz CT molecular complexity index is 259. The smallest absolute Gasteiger partial charge is 0.222 e. The largest absolute Gasteiger partial charge is 0.343 e. The predicted molar refractivity (Wildman–Crippen MR) is 78.0 cm³/mol. The maximum absolute atomic E-state index is 12.1. The summed E-state index contributed by atoms with van der Waals surface area (Å²) in [7, 11) is 0. The molecule has 0 aromatic heterocycles. The van der Waals surface area contributed by atoms with E-state index in [1.807, 2.05) is 11.8 Å². The molecule has 104 valence electrons. The number of carbonyl (C=O) groups excluding carboxylic acids is 1. The van der Waals surface area contributed by atoms with Crippen molar-refractivity contribution in [2.45, 2.75) is 56.2 Å². The zero-order valence-electron chi connectivity index (χ0n) is 11.5. The Hall–Kier alpha value is -0.220. The average Bonchev–Trinajstić information content (AvgIpc) is 2.46. The van der Waals surface area contributed by atoms with Crippen LogP contribution in [-0.4, -0.2) is 48.0 Å². The van der Waals surface area contributed by atoms with Crippen LogP contribution in [0.15, 0.2) is 0 Å². The quantitative estimate of drug-likeness (QED) is 0.850. The van der Waals surface area contributed by atoms with Crippen molar-refractivity contribution in [1.29, 1.82) is 0 Å². The Labute approximate surface area is 115 Å². The molecule has 2 rings (SSSR count). The summed E-state index contributed by atoms with van der Waals surface area (Å²) in [6, 6.07) is 0.589. The van der Waals surface area contributed by atoms with E-state index in [1.54, 1.807) is 0 Å². The highest BCUT2D eigenvalue weighted by atomic mass is 32.2. The van der Waals surface area contributed by atoms with E-state index in [-0.39, 0.29) is 0 Å². The third kappa shape index (κ3) is 4.16. The number of amides is 1. The Morgan fingerprint density at radius 2 is 2.06 bits per heavy atom. The first-order valence-electron chi connectivity index (χ1n) is 7.33. The van der Waals surface area contributed by atoms with Gasteiger partial charge in [0.25, 0.3) is 0 Å². The molecule has 1 atom stereocenters. The molecule has 0 radical (unpaired) electrons. The number of thioether (sulfide) groups is 1. The number of carbonyl (C=O) groups is 1. The van der Waals surface area contributed by atoms with Crippen LogP contribution in [-0.2, 0) is 4.79 Å². The molecule has 0 aromatic carbocycles. The van der Waals surface area contributed by atoms with Gasteiger partial charge in [-0.2, -0.15) is 11.8 Å². The van der Waals surface area contributed by atoms with Gasteiger partial charge in [0.2, 0.25) is 5.91 Å². The van der Waals surface area contributed by atoms with Crippen molar-refractivity contribution in [2.24, 2.45) is 0 Å². The Balaban J connectivity index is 1.65. The minimum Gasteiger partial charge on any atom is -0.343 e. The monoisotopic (exact) mass is 270 g/mol. The van der Waals surface area contributed by atoms with Crippen molar-refractivity contribution in [1.82, 2.24) is 10.2 Å². The molecule has 0 bridgehead atoms. The van der Waals surface area contributed by atoms with Gasteiger partial charge in [0.1, 0.15) is 0 Å². The molecule has 2 fully saturated rings. The standard InChI is InChI=1S/C14H26N2OS/c1-18-13-7-10-16(11-8-13)14(17)6-5-12-4-2-3-9-15-12/h12-13,15H,2-11H2,1H3. The van der Waals surface area contributed by atoms with E-state index in [2.05, 4.69) is 16.5 Å². The third-order valence-electron chi connectivity index (χ3n) is 4.25. The molecule has 2 heterocycles. The lowest BCUT2D eigenvalue weighted by atomic mass is 10.00. The summed E-state index contributed by atoms with van der Waals surface area (Å²) < 4.78 is 0. The van der Waals surface area contributed by atoms with Crippen LogP contribution in [0.2, 0.25) is 0 Å². The maximum Gasteiger partial charge on any atom is 0.222 e. The lowest BCUT2D eigenvalue weighted by molar-refractivity contribution is -0.132. The molecule has 0 saturated carbocycles. The predicted octanol–water partition coefficient (Wildman–Crippen LogP) is 2.26. The Kier molecular flexibility index (Phi) is 5.83. The van der Waals surface area contributed by atoms with Crippen LogP contribution < -0.4 is 5.32 Å². The summed E-state index contributed by atoms with van der Waals surface area (Å²) in [6.45, 7) is 3.09. The Morgan fingerprint density at radius 1 is 1.28 bits per heavy atom. The normalized spacial score (nSPS) is 26.3. The molecule has 1 unspecified atom stereocenters. The number of hydrogen-bond donors (Lipinski definition) is 1. The second-order valence-corrected chi connectivity index (χ2v) is 6.64. The molecule has 2 aliphatic rings. The first-order chi connectivity index (χ1) is 8.79. The van der Waals surface area contributed by atoms with Crippen LogP contribution in [0.4, 0.5) is 0 Å². The molecule has 2 saturated heterocycles. The fraction of sp³-hybridized carbons (Fsp3) is 0.929. The van der Waals surface area contributed by atoms with Crippen LogP contribution in [0.3, 0.4) is 0 Å². The van der Waals surface area contributed by atoms with Gasteiger partial charge in [-0.25, -0.2) is 0 Å². The number of nitrogens with one attached hydrogen (secondary N) is 1. The molecule has 2 aliphatic heterocycles. The second kappa shape index (κ2) is 7.39. The molecule has 0 aromatic rings. The van der Waals surface area contributed by atoms with Crippen LogP contribution >= 0.6 is 11.8 Å². The van der Waals surface area contributed by atoms with Crippen molar-refractivity contribution in [3.05, 3.63) is 0 Å². The van der Waals surface area contributed by atoms with Crippen LogP contribution in [0.1, 0.15) is 44.9 Å². The molecule has 1 N–H and O–H groups in total. The zero-order chi connectivity index (χ0) is 12.8. The van der Waals surface area contributed by atoms with Crippen LogP contribution in [0.5, 0.6) is 0 Å². The van der Waals surface area contributed by atoms with Gasteiger partial charge in [0, 0.05) is 30.8 Å². The number of rotatable bonds is 4. The lowest BCUT2D eigenvalue weighted by Gasteiger charge is -2.32. The number of likely N-dealkylation sites (tertiary alicyclic amines) is 1. The highest BCUT2D eigenvalue weighted by molar-refractivity contribution is 7.99. The van der Waals surface area contributed by atoms with Crippen molar-refractivity contribution in [3.63, 3.8) is 0 Å². The van der Waals surface area contributed by atoms with Gasteiger partial charge in [0.15, 0.2) is 0 Å². The van der Waals surface area contributed by atoms with Gasteiger partial charge in [-0.05, 0) is 44.9 Å². The fourth-order valence-electron chi connectivity index (χ4n) is 2.97. The molecule has 18 heavy (non-hydrogen) atoms. The van der Waals surface area contributed by atoms with E-state index < -0.39 is 0 Å². The van der Waals surface area contributed by atoms with Crippen LogP contribution in [0, 0.1) is 0 Å². The summed E-state index contributed by atoms with van der Waals surface area (Å²) in [5.41, 5.74) is 0. The first kappa shape index (κ1) is 14.2. The first-order valence-corrected chi connectivity index (χ1v) is 8.62. The maximum atomic E-state index is 12.1. The topological polar surface area (TPSA) is 32.3 Å². The van der Waals surface area contributed by atoms with Crippen molar-refractivity contribution in [2.75, 3.05) is 25.9 Å². The van der Waals surface area contributed by atoms with E-state index in [9.17, 15) is 4.79 Å². The molecular formula is C14H26N2OS. The van der Waals surface area contributed by atoms with E-state index in [0.29, 0.717) is 11.9 Å². The number of hydrogen-bond acceptors (Lipinski definition) is 3. The van der Waals surface area contributed by atoms with Gasteiger partial charge < -0.3 is 10.2 Å². The number of nitrogens with zero attached hydrogens (tertiary/aromatic N) is 1. The van der Waals surface area contributed by atoms with Gasteiger partial charge in [-0.3, -0.25) is 4.79 Å². The SMILES string of the molecule is CSC1CCN(C(=O)CCC2CCCCN2)CC1. The van der Waals surface area contributed by atoms with E-state index in [1.165, 1.54) is 32.1 Å². The van der Waals surface area contributed by atoms with E-state index in [4.69, 9.17) is 0 Å². The van der Waals surface area contributed by atoms with Crippen molar-refractivity contribution >= 4 is 17.7 Å². The fourth-order valence-corrected chi connectivity index (χ4v) is 3.65. The molecule has 1 amide bonds. The highest BCUT2D eigenvalue weighted by Crippen LogP contribution is 2.22. The summed E-state index contributed by atoms with van der Waals surface area (Å²) >= 11 is 1.95. The minimum atomic E-state index is 0.377. The molecule has 4 heteroatoms. The third-order valence-corrected chi connectivity index (χ3v) is 5.39. The van der Waals surface area contributed by atoms with E-state index in [0.717, 1.165) is 37.7 Å². The summed E-state index contributed by atoms with van der Waals surface area (Å²) in [5, 5.41) is 4.29. The highest BCUT2D eigenvalue weighted by Gasteiger charge is 2.22. The van der Waals surface area contributed by atoms with Gasteiger partial charge in [-0.15, -0.1) is 0 Å². The molecule has 0 spiro atoms. The van der Waals surface area contributed by atoms with Gasteiger partial charge >= 0.3 is 0 Å². The molecular weight excluding hydrogens is 244 g/mol. The van der Waals surface area contributed by atoms with Crippen molar-refractivity contribution < 1.29 is 4.79 Å². The summed E-state index contributed by atoms with van der Waals surface area (Å²) in [4.78, 5) is 14.2. The van der Waals surface area contributed by atoms with Gasteiger partial charge in [-0.1, -0.05) is 6.42 Å². The lowest BCUT2D eigenvalue weighted by Crippen LogP contribution is -2.40. The molecule has 0 aliphatic carbocycles. The number of piperidine rings is 2. The zero-order valence-corrected chi connectivity index (χ0v) is 12.3. The summed E-state index contributed by atoms with van der Waals surface area (Å²) in [5.74, 6) is 0.377. The van der Waals surface area contributed by atoms with E-state index >= 15 is 0 Å². The Morgan fingerprint density at radius 3 is 2.67 bits per heavy atom. The summed E-state index contributed by atoms with van der Waals surface area (Å²) in [6.07, 6.45) is 10.2. The molecule has 3 nitrogen and oxygen atoms in total. The van der Waals surface area contributed by atoms with Crippen molar-refractivity contribution in [3.8, 4) is 0 Å². The van der Waals surface area contributed by atoms with Gasteiger partial charge in [0.05, 0.1) is 0 Å². The second-order valence-electron chi connectivity index (χ2n) is 5.50.